The van der Waals surface area contributed by atoms with E-state index in [1.54, 1.807) is 0 Å². The third-order valence-corrected chi connectivity index (χ3v) is 5.05. The van der Waals surface area contributed by atoms with Crippen LogP contribution in [-0.2, 0) is 19.3 Å². The number of nitrogens with one attached hydrogen (secondary N) is 1. The van der Waals surface area contributed by atoms with E-state index in [4.69, 9.17) is 4.74 Å². The molecule has 4 rings (SSSR count). The molecule has 0 radical (unpaired) electrons. The first-order valence-electron chi connectivity index (χ1n) is 9.43. The van der Waals surface area contributed by atoms with Gasteiger partial charge in [-0.1, -0.05) is 72.8 Å². The first-order chi connectivity index (χ1) is 12.9. The predicted octanol–water partition coefficient (Wildman–Crippen LogP) is 4.84. The van der Waals surface area contributed by atoms with Gasteiger partial charge in [0.05, 0.1) is 0 Å². The highest BCUT2D eigenvalue weighted by Crippen LogP contribution is 2.22. The maximum Gasteiger partial charge on any atom is 0.122 e. The summed E-state index contributed by atoms with van der Waals surface area (Å²) in [5, 5.41) is 3.64. The molecule has 0 saturated heterocycles. The van der Waals surface area contributed by atoms with Gasteiger partial charge in [-0.15, -0.1) is 12.4 Å². The minimum absolute atomic E-state index is 0. The van der Waals surface area contributed by atoms with Crippen molar-refractivity contribution in [3.63, 3.8) is 0 Å². The molecule has 0 amide bonds. The van der Waals surface area contributed by atoms with Gasteiger partial charge in [-0.05, 0) is 41.2 Å². The number of rotatable bonds is 7. The summed E-state index contributed by atoms with van der Waals surface area (Å²) in [6.45, 7) is 1.57. The Labute approximate surface area is 168 Å². The molecule has 0 unspecified atom stereocenters. The highest BCUT2D eigenvalue weighted by Gasteiger charge is 2.19. The molecule has 1 aliphatic carbocycles. The van der Waals surface area contributed by atoms with E-state index in [1.807, 2.05) is 6.07 Å². The van der Waals surface area contributed by atoms with E-state index in [0.717, 1.165) is 31.6 Å². The average molecular weight is 380 g/mol. The van der Waals surface area contributed by atoms with Crippen molar-refractivity contribution in [2.45, 2.75) is 25.3 Å². The molecule has 0 heterocycles. The number of halogens is 1. The predicted molar refractivity (Wildman–Crippen MR) is 114 cm³/mol. The molecule has 0 fully saturated rings. The van der Waals surface area contributed by atoms with Gasteiger partial charge in [0.1, 0.15) is 12.4 Å². The molecule has 0 spiro atoms. The van der Waals surface area contributed by atoms with Gasteiger partial charge >= 0.3 is 0 Å². The van der Waals surface area contributed by atoms with Crippen molar-refractivity contribution >= 4 is 12.4 Å². The van der Waals surface area contributed by atoms with Gasteiger partial charge in [-0.3, -0.25) is 0 Å². The maximum atomic E-state index is 6.08. The van der Waals surface area contributed by atoms with Crippen LogP contribution in [0.15, 0.2) is 78.9 Å². The molecule has 1 aliphatic rings. The standard InChI is InChI=1S/C24H25NO.ClH/c1-2-8-19(9-3-1)16-22-12-6-7-13-24(22)26-15-14-25-23-17-20-10-4-5-11-21(20)18-23;/h1-13,23,25H,14-18H2;1H. The van der Waals surface area contributed by atoms with Gasteiger partial charge in [-0.2, -0.15) is 0 Å². The average Bonchev–Trinajstić information content (AvgIpc) is 3.10. The summed E-state index contributed by atoms with van der Waals surface area (Å²) in [6, 6.07) is 28.2. The number of para-hydroxylation sites is 1. The zero-order valence-electron chi connectivity index (χ0n) is 15.4. The van der Waals surface area contributed by atoms with Crippen LogP contribution in [0.25, 0.3) is 0 Å². The van der Waals surface area contributed by atoms with Crippen LogP contribution in [0.2, 0.25) is 0 Å². The van der Waals surface area contributed by atoms with Crippen LogP contribution in [0.1, 0.15) is 22.3 Å². The second-order valence-corrected chi connectivity index (χ2v) is 6.95. The highest BCUT2D eigenvalue weighted by atomic mass is 35.5. The van der Waals surface area contributed by atoms with Gasteiger partial charge in [0.25, 0.3) is 0 Å². The van der Waals surface area contributed by atoms with Crippen LogP contribution >= 0.6 is 12.4 Å². The Hall–Kier alpha value is -2.29. The van der Waals surface area contributed by atoms with E-state index in [-0.39, 0.29) is 12.4 Å². The molecule has 0 bridgehead atoms. The van der Waals surface area contributed by atoms with Gasteiger partial charge in [0.15, 0.2) is 0 Å². The van der Waals surface area contributed by atoms with E-state index < -0.39 is 0 Å². The first-order valence-corrected chi connectivity index (χ1v) is 9.43. The number of ether oxygens (including phenoxy) is 1. The normalized spacial score (nSPS) is 13.0. The fraction of sp³-hybridized carbons (Fsp3) is 0.250. The summed E-state index contributed by atoms with van der Waals surface area (Å²) in [7, 11) is 0. The molecule has 3 heteroatoms. The van der Waals surface area contributed by atoms with Crippen molar-refractivity contribution in [3.05, 3.63) is 101 Å². The SMILES string of the molecule is Cl.c1ccc(Cc2ccccc2OCCNC2Cc3ccccc3C2)cc1. The minimum atomic E-state index is 0. The van der Waals surface area contributed by atoms with Gasteiger partial charge in [0, 0.05) is 19.0 Å². The Kier molecular flexibility index (Phi) is 6.92. The lowest BCUT2D eigenvalue weighted by atomic mass is 10.0. The molecule has 0 saturated carbocycles. The smallest absolute Gasteiger partial charge is 0.122 e. The molecule has 1 N–H and O–H groups in total. The molecule has 3 aromatic carbocycles. The van der Waals surface area contributed by atoms with Crippen molar-refractivity contribution in [1.82, 2.24) is 5.32 Å². The van der Waals surface area contributed by atoms with Crippen LogP contribution in [0.3, 0.4) is 0 Å². The fourth-order valence-corrected chi connectivity index (χ4v) is 3.73. The largest absolute Gasteiger partial charge is 0.492 e. The molecule has 3 aromatic rings. The lowest BCUT2D eigenvalue weighted by molar-refractivity contribution is 0.303. The number of hydrogen-bond donors (Lipinski definition) is 1. The highest BCUT2D eigenvalue weighted by molar-refractivity contribution is 5.85. The van der Waals surface area contributed by atoms with Gasteiger partial charge in [-0.25, -0.2) is 0 Å². The third kappa shape index (κ3) is 5.12. The van der Waals surface area contributed by atoms with Crippen LogP contribution < -0.4 is 10.1 Å². The fourth-order valence-electron chi connectivity index (χ4n) is 3.73. The Morgan fingerprint density at radius 2 is 1.41 bits per heavy atom. The quantitative estimate of drug-likeness (QED) is 0.593. The van der Waals surface area contributed by atoms with Gasteiger partial charge < -0.3 is 10.1 Å². The number of hydrogen-bond acceptors (Lipinski definition) is 2. The van der Waals surface area contributed by atoms with E-state index in [1.165, 1.54) is 22.3 Å². The van der Waals surface area contributed by atoms with Crippen molar-refractivity contribution in [1.29, 1.82) is 0 Å². The van der Waals surface area contributed by atoms with Crippen LogP contribution in [0.4, 0.5) is 0 Å². The summed E-state index contributed by atoms with van der Waals surface area (Å²) in [5.41, 5.74) is 5.52. The molecule has 0 aromatic heterocycles. The van der Waals surface area contributed by atoms with Crippen LogP contribution in [0, 0.1) is 0 Å². The molecule has 27 heavy (non-hydrogen) atoms. The molecule has 0 aliphatic heterocycles. The van der Waals surface area contributed by atoms with E-state index >= 15 is 0 Å². The summed E-state index contributed by atoms with van der Waals surface area (Å²) >= 11 is 0. The summed E-state index contributed by atoms with van der Waals surface area (Å²) < 4.78 is 6.08. The Bertz CT molecular complexity index is 825. The lowest BCUT2D eigenvalue weighted by Crippen LogP contribution is -2.33. The van der Waals surface area contributed by atoms with Gasteiger partial charge in [0.2, 0.25) is 0 Å². The number of fused-ring (bicyclic) bond motifs is 1. The van der Waals surface area contributed by atoms with E-state index in [0.29, 0.717) is 12.6 Å². The molecular weight excluding hydrogens is 354 g/mol. The second-order valence-electron chi connectivity index (χ2n) is 6.95. The van der Waals surface area contributed by atoms with Crippen LogP contribution in [-0.4, -0.2) is 19.2 Å². The monoisotopic (exact) mass is 379 g/mol. The van der Waals surface area contributed by atoms with E-state index in [9.17, 15) is 0 Å². The Balaban J connectivity index is 0.00000210. The Morgan fingerprint density at radius 1 is 0.778 bits per heavy atom. The van der Waals surface area contributed by atoms with Crippen molar-refractivity contribution < 1.29 is 4.74 Å². The molecular formula is C24H26ClNO. The zero-order valence-corrected chi connectivity index (χ0v) is 16.3. The Morgan fingerprint density at radius 3 is 2.15 bits per heavy atom. The second kappa shape index (κ2) is 9.59. The summed E-state index contributed by atoms with van der Waals surface area (Å²) in [5.74, 6) is 0.993. The zero-order chi connectivity index (χ0) is 17.6. The summed E-state index contributed by atoms with van der Waals surface area (Å²) in [6.07, 6.45) is 3.16. The van der Waals surface area contributed by atoms with Crippen molar-refractivity contribution in [2.75, 3.05) is 13.2 Å². The topological polar surface area (TPSA) is 21.3 Å². The van der Waals surface area contributed by atoms with Crippen LogP contribution in [0.5, 0.6) is 5.75 Å². The van der Waals surface area contributed by atoms with Crippen molar-refractivity contribution in [3.8, 4) is 5.75 Å². The molecule has 2 nitrogen and oxygen atoms in total. The van der Waals surface area contributed by atoms with Crippen molar-refractivity contribution in [2.24, 2.45) is 0 Å². The minimum Gasteiger partial charge on any atom is -0.492 e. The molecule has 0 atom stereocenters. The third-order valence-electron chi connectivity index (χ3n) is 5.05. The maximum absolute atomic E-state index is 6.08. The molecule has 140 valence electrons. The number of benzene rings is 3. The first kappa shape index (κ1) is 19.5. The lowest BCUT2D eigenvalue weighted by Gasteiger charge is -2.14. The summed E-state index contributed by atoms with van der Waals surface area (Å²) in [4.78, 5) is 0. The van der Waals surface area contributed by atoms with E-state index in [2.05, 4.69) is 78.1 Å².